The van der Waals surface area contributed by atoms with E-state index in [9.17, 15) is 14.0 Å². The summed E-state index contributed by atoms with van der Waals surface area (Å²) in [4.78, 5) is 33.9. The zero-order valence-electron chi connectivity index (χ0n) is 19.4. The second-order valence-corrected chi connectivity index (χ2v) is 8.86. The van der Waals surface area contributed by atoms with Crippen LogP contribution in [0.2, 0.25) is 0 Å². The predicted molar refractivity (Wildman–Crippen MR) is 126 cm³/mol. The molecular formula is C25H30FN5O3. The number of hydrogen-bond acceptors (Lipinski definition) is 6. The average molecular weight is 468 g/mol. The minimum atomic E-state index is -0.400. The SMILES string of the molecule is C=C(COC)C(=O)n1ccc(N2CCCc3cc(C(=O)N4CCC[C@@H](CF)C4)cnc32)cc1=N. The smallest absolute Gasteiger partial charge is 0.261 e. The highest BCUT2D eigenvalue weighted by atomic mass is 19.1. The van der Waals surface area contributed by atoms with E-state index in [2.05, 4.69) is 11.6 Å². The van der Waals surface area contributed by atoms with Gasteiger partial charge in [0.25, 0.3) is 11.8 Å². The Morgan fingerprint density at radius 2 is 2.12 bits per heavy atom. The summed E-state index contributed by atoms with van der Waals surface area (Å²) in [6, 6.07) is 5.29. The van der Waals surface area contributed by atoms with Crippen LogP contribution in [-0.2, 0) is 11.2 Å². The third kappa shape index (κ3) is 4.79. The molecule has 180 valence electrons. The highest BCUT2D eigenvalue weighted by Crippen LogP contribution is 2.32. The van der Waals surface area contributed by atoms with Crippen molar-refractivity contribution in [3.05, 3.63) is 59.4 Å². The van der Waals surface area contributed by atoms with Crippen molar-refractivity contribution in [2.24, 2.45) is 5.92 Å². The van der Waals surface area contributed by atoms with E-state index in [0.29, 0.717) is 25.2 Å². The molecule has 0 aliphatic carbocycles. The van der Waals surface area contributed by atoms with Crippen molar-refractivity contribution < 1.29 is 18.7 Å². The molecule has 0 radical (unpaired) electrons. The largest absolute Gasteiger partial charge is 0.380 e. The Morgan fingerprint density at radius 1 is 1.29 bits per heavy atom. The van der Waals surface area contributed by atoms with Gasteiger partial charge in [-0.15, -0.1) is 0 Å². The molecule has 1 fully saturated rings. The highest BCUT2D eigenvalue weighted by molar-refractivity contribution is 5.95. The molecule has 0 unspecified atom stereocenters. The molecule has 4 heterocycles. The third-order valence-electron chi connectivity index (χ3n) is 6.39. The minimum absolute atomic E-state index is 0.0335. The highest BCUT2D eigenvalue weighted by Gasteiger charge is 2.27. The quantitative estimate of drug-likeness (QED) is 0.659. The Labute approximate surface area is 198 Å². The van der Waals surface area contributed by atoms with Crippen LogP contribution in [0.1, 0.15) is 40.0 Å². The maximum Gasteiger partial charge on any atom is 0.261 e. The number of halogens is 1. The van der Waals surface area contributed by atoms with Crippen LogP contribution >= 0.6 is 0 Å². The van der Waals surface area contributed by atoms with Crippen LogP contribution in [0.3, 0.4) is 0 Å². The third-order valence-corrected chi connectivity index (χ3v) is 6.39. The van der Waals surface area contributed by atoms with Crippen LogP contribution < -0.4 is 10.4 Å². The fourth-order valence-electron chi connectivity index (χ4n) is 4.63. The topological polar surface area (TPSA) is 91.5 Å². The van der Waals surface area contributed by atoms with Crippen molar-refractivity contribution in [1.82, 2.24) is 14.5 Å². The number of ether oxygens (including phenoxy) is 1. The molecule has 1 atom stereocenters. The Balaban J connectivity index is 1.56. The number of amides is 1. The number of hydrogen-bond donors (Lipinski definition) is 1. The number of methoxy groups -OCH3 is 1. The van der Waals surface area contributed by atoms with Gasteiger partial charge in [-0.2, -0.15) is 0 Å². The number of aryl methyl sites for hydroxylation is 1. The molecule has 0 bridgehead atoms. The van der Waals surface area contributed by atoms with E-state index >= 15 is 0 Å². The van der Waals surface area contributed by atoms with Crippen LogP contribution in [0.5, 0.6) is 0 Å². The summed E-state index contributed by atoms with van der Waals surface area (Å²) in [6.45, 7) is 5.23. The first kappa shape index (κ1) is 23.8. The number of fused-ring (bicyclic) bond motifs is 1. The number of pyridine rings is 2. The zero-order valence-corrected chi connectivity index (χ0v) is 19.4. The lowest BCUT2D eigenvalue weighted by Gasteiger charge is -2.33. The van der Waals surface area contributed by atoms with E-state index in [-0.39, 0.29) is 35.4 Å². The molecule has 4 rings (SSSR count). The monoisotopic (exact) mass is 467 g/mol. The zero-order chi connectivity index (χ0) is 24.2. The molecule has 1 N–H and O–H groups in total. The fourth-order valence-corrected chi connectivity index (χ4v) is 4.63. The predicted octanol–water partition coefficient (Wildman–Crippen LogP) is 3.11. The summed E-state index contributed by atoms with van der Waals surface area (Å²) in [7, 11) is 1.49. The van der Waals surface area contributed by atoms with Crippen LogP contribution in [0.4, 0.5) is 15.9 Å². The number of piperidine rings is 1. The number of alkyl halides is 1. The van der Waals surface area contributed by atoms with Crippen molar-refractivity contribution in [2.45, 2.75) is 25.7 Å². The van der Waals surface area contributed by atoms with Gasteiger partial charge in [-0.3, -0.25) is 24.0 Å². The molecular weight excluding hydrogens is 437 g/mol. The van der Waals surface area contributed by atoms with Crippen LogP contribution in [0, 0.1) is 11.3 Å². The summed E-state index contributed by atoms with van der Waals surface area (Å²) >= 11 is 0. The maximum absolute atomic E-state index is 13.1. The number of carbonyl (C=O) groups excluding carboxylic acids is 2. The second kappa shape index (κ2) is 10.3. The van der Waals surface area contributed by atoms with E-state index in [1.807, 2.05) is 11.0 Å². The summed E-state index contributed by atoms with van der Waals surface area (Å²) in [5, 5.41) is 8.34. The molecule has 0 saturated carbocycles. The van der Waals surface area contributed by atoms with Gasteiger partial charge in [-0.1, -0.05) is 6.58 Å². The number of aromatic nitrogens is 2. The van der Waals surface area contributed by atoms with Crippen molar-refractivity contribution in [2.75, 3.05) is 44.9 Å². The summed E-state index contributed by atoms with van der Waals surface area (Å²) in [5.41, 5.74) is 2.54. The summed E-state index contributed by atoms with van der Waals surface area (Å²) in [6.07, 6.45) is 6.44. The number of anilines is 2. The Hall–Kier alpha value is -3.33. The molecule has 2 aliphatic heterocycles. The second-order valence-electron chi connectivity index (χ2n) is 8.86. The van der Waals surface area contributed by atoms with Gasteiger partial charge in [0.1, 0.15) is 11.3 Å². The lowest BCUT2D eigenvalue weighted by atomic mass is 9.98. The molecule has 1 amide bonds. The molecule has 1 saturated heterocycles. The molecule has 2 aliphatic rings. The van der Waals surface area contributed by atoms with Crippen molar-refractivity contribution in [3.63, 3.8) is 0 Å². The fraction of sp³-hybridized carbons (Fsp3) is 0.440. The number of nitrogens with zero attached hydrogens (tertiary/aromatic N) is 4. The lowest BCUT2D eigenvalue weighted by molar-refractivity contribution is 0.0656. The van der Waals surface area contributed by atoms with E-state index in [4.69, 9.17) is 10.1 Å². The van der Waals surface area contributed by atoms with E-state index in [0.717, 1.165) is 42.8 Å². The van der Waals surface area contributed by atoms with Crippen molar-refractivity contribution in [3.8, 4) is 0 Å². The molecule has 8 nitrogen and oxygen atoms in total. The van der Waals surface area contributed by atoms with Crippen LogP contribution in [0.15, 0.2) is 42.7 Å². The maximum atomic E-state index is 13.1. The number of nitrogens with one attached hydrogen (secondary N) is 1. The molecule has 2 aromatic heterocycles. The van der Waals surface area contributed by atoms with Gasteiger partial charge in [-0.05, 0) is 43.4 Å². The number of likely N-dealkylation sites (tertiary alicyclic amines) is 1. The first-order valence-corrected chi connectivity index (χ1v) is 11.5. The van der Waals surface area contributed by atoms with E-state index < -0.39 is 6.67 Å². The number of carbonyl (C=O) groups is 2. The van der Waals surface area contributed by atoms with Crippen LogP contribution in [-0.4, -0.2) is 66.3 Å². The standard InChI is InChI=1S/C25H30FN5O3/c1-17(16-34-2)24(32)31-10-7-21(12-22(31)27)30-9-4-6-19-11-20(14-28-23(19)30)25(33)29-8-3-5-18(13-26)15-29/h7,10-12,14,18,27H,1,3-6,8-9,13,15-16H2,2H3/t18-/m0/s1. The van der Waals surface area contributed by atoms with Crippen molar-refractivity contribution >= 4 is 23.3 Å². The van der Waals surface area contributed by atoms with Gasteiger partial charge in [0.2, 0.25) is 0 Å². The van der Waals surface area contributed by atoms with Gasteiger partial charge in [-0.25, -0.2) is 4.98 Å². The van der Waals surface area contributed by atoms with Gasteiger partial charge < -0.3 is 14.5 Å². The van der Waals surface area contributed by atoms with Crippen molar-refractivity contribution in [1.29, 1.82) is 5.41 Å². The summed E-state index contributed by atoms with van der Waals surface area (Å²) < 4.78 is 19.3. The van der Waals surface area contributed by atoms with Gasteiger partial charge in [0, 0.05) is 62.4 Å². The Morgan fingerprint density at radius 3 is 2.85 bits per heavy atom. The first-order valence-electron chi connectivity index (χ1n) is 11.5. The van der Waals surface area contributed by atoms with Crippen LogP contribution in [0.25, 0.3) is 0 Å². The molecule has 2 aromatic rings. The molecule has 9 heteroatoms. The van der Waals surface area contributed by atoms with Gasteiger partial charge in [0.05, 0.1) is 18.8 Å². The molecule has 0 spiro atoms. The molecule has 0 aromatic carbocycles. The lowest BCUT2D eigenvalue weighted by Crippen LogP contribution is -2.40. The first-order chi connectivity index (χ1) is 16.4. The Bertz CT molecular complexity index is 1160. The summed E-state index contributed by atoms with van der Waals surface area (Å²) in [5.74, 6) is 0.175. The minimum Gasteiger partial charge on any atom is -0.380 e. The van der Waals surface area contributed by atoms with E-state index in [1.165, 1.54) is 11.7 Å². The molecule has 34 heavy (non-hydrogen) atoms. The normalized spacial score (nSPS) is 17.9. The number of rotatable bonds is 6. The Kier molecular flexibility index (Phi) is 7.21. The van der Waals surface area contributed by atoms with E-state index in [1.54, 1.807) is 29.4 Å². The van der Waals surface area contributed by atoms with Gasteiger partial charge in [0.15, 0.2) is 0 Å². The van der Waals surface area contributed by atoms with Gasteiger partial charge >= 0.3 is 0 Å². The average Bonchev–Trinajstić information content (AvgIpc) is 2.87.